The minimum atomic E-state index is -3.08. The fourth-order valence-electron chi connectivity index (χ4n) is 3.63. The maximum absolute atomic E-state index is 13.0. The standard InChI is InChI=1S/C15H24N4O3S/c1-4-5-19-11(2)12(8-16-19)15(20)18-7-6-17(3)13-9-23(21,22)10-14(13)18/h8,13-14H,4-7,9-10H2,1-3H3/t13-,14+/m1/s1. The zero-order valence-corrected chi connectivity index (χ0v) is 14.7. The van der Waals surface area contributed by atoms with Crippen molar-refractivity contribution in [3.8, 4) is 0 Å². The Morgan fingerprint density at radius 2 is 2.00 bits per heavy atom. The Balaban J connectivity index is 1.87. The Kier molecular flexibility index (Phi) is 4.22. The molecule has 3 rings (SSSR count). The molecule has 1 aromatic heterocycles. The number of likely N-dealkylation sites (N-methyl/N-ethyl adjacent to an activating group) is 1. The molecule has 0 aliphatic carbocycles. The number of carbonyl (C=O) groups is 1. The molecule has 0 aromatic carbocycles. The van der Waals surface area contributed by atoms with Crippen LogP contribution in [0.5, 0.6) is 0 Å². The molecular weight excluding hydrogens is 316 g/mol. The van der Waals surface area contributed by atoms with Gasteiger partial charge in [0.1, 0.15) is 0 Å². The van der Waals surface area contributed by atoms with E-state index in [-0.39, 0.29) is 29.5 Å². The molecule has 3 heterocycles. The van der Waals surface area contributed by atoms with Crippen LogP contribution in [0, 0.1) is 6.92 Å². The predicted octanol–water partition coefficient (Wildman–Crippen LogP) is 0.155. The van der Waals surface area contributed by atoms with Crippen molar-refractivity contribution in [1.82, 2.24) is 19.6 Å². The van der Waals surface area contributed by atoms with Crippen molar-refractivity contribution in [1.29, 1.82) is 0 Å². The van der Waals surface area contributed by atoms with Gasteiger partial charge in [0, 0.05) is 31.4 Å². The zero-order valence-electron chi connectivity index (χ0n) is 13.9. The summed E-state index contributed by atoms with van der Waals surface area (Å²) in [5.41, 5.74) is 1.44. The van der Waals surface area contributed by atoms with Crippen LogP contribution in [-0.4, -0.2) is 77.6 Å². The van der Waals surface area contributed by atoms with Crippen molar-refractivity contribution in [2.75, 3.05) is 31.6 Å². The number of aromatic nitrogens is 2. The largest absolute Gasteiger partial charge is 0.332 e. The van der Waals surface area contributed by atoms with Crippen molar-refractivity contribution >= 4 is 15.7 Å². The minimum absolute atomic E-state index is 0.0654. The molecule has 2 aliphatic rings. The maximum Gasteiger partial charge on any atom is 0.257 e. The van der Waals surface area contributed by atoms with E-state index in [1.54, 1.807) is 11.1 Å². The molecule has 0 saturated carbocycles. The van der Waals surface area contributed by atoms with E-state index in [4.69, 9.17) is 0 Å². The summed E-state index contributed by atoms with van der Waals surface area (Å²) in [6.07, 6.45) is 2.57. The van der Waals surface area contributed by atoms with Gasteiger partial charge >= 0.3 is 0 Å². The van der Waals surface area contributed by atoms with Gasteiger partial charge in [-0.2, -0.15) is 5.10 Å². The molecule has 128 valence electrons. The molecule has 8 heteroatoms. The highest BCUT2D eigenvalue weighted by molar-refractivity contribution is 7.91. The van der Waals surface area contributed by atoms with Gasteiger partial charge in [0.2, 0.25) is 0 Å². The molecule has 1 amide bonds. The van der Waals surface area contributed by atoms with E-state index in [0.717, 1.165) is 18.7 Å². The Hall–Kier alpha value is -1.41. The van der Waals surface area contributed by atoms with Crippen LogP contribution in [0.15, 0.2) is 6.20 Å². The monoisotopic (exact) mass is 340 g/mol. The lowest BCUT2D eigenvalue weighted by Gasteiger charge is -2.42. The molecule has 2 fully saturated rings. The number of aryl methyl sites for hydroxylation is 1. The van der Waals surface area contributed by atoms with E-state index >= 15 is 0 Å². The summed E-state index contributed by atoms with van der Waals surface area (Å²) in [4.78, 5) is 16.8. The Morgan fingerprint density at radius 1 is 1.30 bits per heavy atom. The number of carbonyl (C=O) groups excluding carboxylic acids is 1. The summed E-state index contributed by atoms with van der Waals surface area (Å²) in [7, 11) is -1.14. The first kappa shape index (κ1) is 16.4. The molecule has 2 saturated heterocycles. The number of sulfone groups is 1. The van der Waals surface area contributed by atoms with Gasteiger partial charge in [0.15, 0.2) is 9.84 Å². The number of fused-ring (bicyclic) bond motifs is 1. The summed E-state index contributed by atoms with van der Waals surface area (Å²) in [5, 5.41) is 4.29. The summed E-state index contributed by atoms with van der Waals surface area (Å²) in [6.45, 7) is 6.00. The van der Waals surface area contributed by atoms with E-state index in [1.165, 1.54) is 0 Å². The van der Waals surface area contributed by atoms with E-state index in [2.05, 4.69) is 16.9 Å². The van der Waals surface area contributed by atoms with E-state index in [9.17, 15) is 13.2 Å². The van der Waals surface area contributed by atoms with Crippen LogP contribution in [0.1, 0.15) is 29.4 Å². The molecular formula is C15H24N4O3S. The third-order valence-corrected chi connectivity index (χ3v) is 6.68. The van der Waals surface area contributed by atoms with Crippen LogP contribution < -0.4 is 0 Å². The van der Waals surface area contributed by atoms with Gasteiger partial charge in [0.05, 0.1) is 29.3 Å². The Bertz CT molecular complexity index is 712. The van der Waals surface area contributed by atoms with E-state index < -0.39 is 9.84 Å². The smallest absolute Gasteiger partial charge is 0.257 e. The van der Waals surface area contributed by atoms with Gasteiger partial charge in [-0.15, -0.1) is 0 Å². The van der Waals surface area contributed by atoms with Crippen LogP contribution in [-0.2, 0) is 16.4 Å². The zero-order chi connectivity index (χ0) is 16.8. The molecule has 2 atom stereocenters. The van der Waals surface area contributed by atoms with Gasteiger partial charge in [-0.1, -0.05) is 6.92 Å². The summed E-state index contributed by atoms with van der Waals surface area (Å²) < 4.78 is 25.9. The topological polar surface area (TPSA) is 75.5 Å². The molecule has 0 bridgehead atoms. The summed E-state index contributed by atoms with van der Waals surface area (Å²) in [6, 6.07) is -0.344. The van der Waals surface area contributed by atoms with Crippen molar-refractivity contribution in [3.63, 3.8) is 0 Å². The predicted molar refractivity (Wildman–Crippen MR) is 87.2 cm³/mol. The van der Waals surface area contributed by atoms with Crippen molar-refractivity contribution in [2.45, 2.75) is 38.9 Å². The first-order valence-corrected chi connectivity index (χ1v) is 9.90. The highest BCUT2D eigenvalue weighted by atomic mass is 32.2. The molecule has 0 N–H and O–H groups in total. The third kappa shape index (κ3) is 2.89. The molecule has 0 spiro atoms. The van der Waals surface area contributed by atoms with Crippen LogP contribution in [0.2, 0.25) is 0 Å². The quantitative estimate of drug-likeness (QED) is 0.783. The van der Waals surface area contributed by atoms with Crippen LogP contribution in [0.3, 0.4) is 0 Å². The highest BCUT2D eigenvalue weighted by Gasteiger charge is 2.47. The van der Waals surface area contributed by atoms with Crippen molar-refractivity contribution in [2.24, 2.45) is 0 Å². The van der Waals surface area contributed by atoms with Crippen LogP contribution >= 0.6 is 0 Å². The second-order valence-corrected chi connectivity index (χ2v) is 8.71. The summed E-state index contributed by atoms with van der Waals surface area (Å²) >= 11 is 0. The van der Waals surface area contributed by atoms with Gasteiger partial charge < -0.3 is 4.90 Å². The van der Waals surface area contributed by atoms with Crippen molar-refractivity contribution < 1.29 is 13.2 Å². The Labute approximate surface area is 137 Å². The number of hydrogen-bond donors (Lipinski definition) is 0. The number of nitrogens with zero attached hydrogens (tertiary/aromatic N) is 4. The van der Waals surface area contributed by atoms with Gasteiger partial charge in [-0.05, 0) is 20.4 Å². The average molecular weight is 340 g/mol. The molecule has 23 heavy (non-hydrogen) atoms. The van der Waals surface area contributed by atoms with E-state index in [1.807, 2.05) is 18.7 Å². The normalized spacial score (nSPS) is 27.2. The maximum atomic E-state index is 13.0. The lowest BCUT2D eigenvalue weighted by Crippen LogP contribution is -2.59. The molecule has 1 aromatic rings. The number of hydrogen-bond acceptors (Lipinski definition) is 5. The van der Waals surface area contributed by atoms with Crippen LogP contribution in [0.25, 0.3) is 0 Å². The lowest BCUT2D eigenvalue weighted by molar-refractivity contribution is 0.0409. The lowest BCUT2D eigenvalue weighted by atomic mass is 10.0. The number of amides is 1. The number of piperazine rings is 1. The second kappa shape index (κ2) is 5.90. The number of rotatable bonds is 3. The highest BCUT2D eigenvalue weighted by Crippen LogP contribution is 2.27. The van der Waals surface area contributed by atoms with Gasteiger partial charge in [0.25, 0.3) is 5.91 Å². The van der Waals surface area contributed by atoms with Crippen LogP contribution in [0.4, 0.5) is 0 Å². The third-order valence-electron chi connectivity index (χ3n) is 4.98. The minimum Gasteiger partial charge on any atom is -0.332 e. The molecule has 7 nitrogen and oxygen atoms in total. The molecule has 0 radical (unpaired) electrons. The SMILES string of the molecule is CCCn1ncc(C(=O)N2CCN(C)[C@@H]3CS(=O)(=O)C[C@@H]32)c1C. The summed E-state index contributed by atoms with van der Waals surface area (Å²) in [5.74, 6) is 0.118. The fraction of sp³-hybridized carbons (Fsp3) is 0.733. The fourth-order valence-corrected chi connectivity index (χ4v) is 5.68. The molecule has 0 unspecified atom stereocenters. The van der Waals surface area contributed by atoms with Crippen molar-refractivity contribution in [3.05, 3.63) is 17.5 Å². The first-order chi connectivity index (χ1) is 10.8. The molecule has 2 aliphatic heterocycles. The first-order valence-electron chi connectivity index (χ1n) is 8.08. The van der Waals surface area contributed by atoms with E-state index in [0.29, 0.717) is 18.7 Å². The second-order valence-electron chi connectivity index (χ2n) is 6.56. The van der Waals surface area contributed by atoms with Gasteiger partial charge in [-0.3, -0.25) is 14.4 Å². The van der Waals surface area contributed by atoms with Gasteiger partial charge in [-0.25, -0.2) is 8.42 Å². The Morgan fingerprint density at radius 3 is 2.70 bits per heavy atom. The average Bonchev–Trinajstić information content (AvgIpc) is 3.00.